The van der Waals surface area contributed by atoms with Crippen molar-refractivity contribution in [2.45, 2.75) is 26.8 Å². The number of benzene rings is 2. The largest absolute Gasteiger partial charge is 0.495 e. The maximum absolute atomic E-state index is 12.4. The molecule has 0 aromatic heterocycles. The van der Waals surface area contributed by atoms with Gasteiger partial charge in [0, 0.05) is 17.7 Å². The van der Waals surface area contributed by atoms with Gasteiger partial charge in [-0.1, -0.05) is 17.7 Å². The van der Waals surface area contributed by atoms with E-state index in [1.807, 2.05) is 32.0 Å². The maximum atomic E-state index is 12.4. The van der Waals surface area contributed by atoms with Crippen LogP contribution in [0.4, 0.5) is 11.4 Å². The molecule has 1 unspecified atom stereocenters. The van der Waals surface area contributed by atoms with Gasteiger partial charge in [0.05, 0.1) is 30.4 Å². The predicted octanol–water partition coefficient (Wildman–Crippen LogP) is 3.13. The Kier molecular flexibility index (Phi) is 7.13. The summed E-state index contributed by atoms with van der Waals surface area (Å²) in [5.74, 6) is -1.05. The summed E-state index contributed by atoms with van der Waals surface area (Å²) in [5, 5.41) is 15.9. The number of ether oxygens (including phenoxy) is 2. The van der Waals surface area contributed by atoms with E-state index in [1.54, 1.807) is 6.92 Å². The van der Waals surface area contributed by atoms with Crippen LogP contribution in [0.2, 0.25) is 0 Å². The van der Waals surface area contributed by atoms with Crippen molar-refractivity contribution in [3.05, 3.63) is 57.6 Å². The molecule has 0 fully saturated rings. The van der Waals surface area contributed by atoms with Crippen LogP contribution in [0.5, 0.6) is 11.5 Å². The molecule has 2 rings (SSSR count). The van der Waals surface area contributed by atoms with Crippen LogP contribution in [0.25, 0.3) is 0 Å². The Bertz CT molecular complexity index is 928. The monoisotopic (exact) mass is 401 g/mol. The van der Waals surface area contributed by atoms with Gasteiger partial charge in [-0.2, -0.15) is 0 Å². The first kappa shape index (κ1) is 21.7. The second kappa shape index (κ2) is 9.54. The van der Waals surface area contributed by atoms with Crippen LogP contribution in [-0.4, -0.2) is 30.5 Å². The van der Waals surface area contributed by atoms with Crippen molar-refractivity contribution in [3.63, 3.8) is 0 Å². The first-order valence-electron chi connectivity index (χ1n) is 8.94. The van der Waals surface area contributed by atoms with Crippen molar-refractivity contribution in [1.82, 2.24) is 5.32 Å². The summed E-state index contributed by atoms with van der Waals surface area (Å²) >= 11 is 0. The molecule has 9 nitrogen and oxygen atoms in total. The van der Waals surface area contributed by atoms with E-state index in [-0.39, 0.29) is 17.1 Å². The zero-order valence-electron chi connectivity index (χ0n) is 16.6. The molecule has 29 heavy (non-hydrogen) atoms. The van der Waals surface area contributed by atoms with Crippen LogP contribution < -0.4 is 20.1 Å². The van der Waals surface area contributed by atoms with Crippen LogP contribution in [0.15, 0.2) is 36.4 Å². The standard InChI is InChI=1S/C20H23N3O6/c1-5-29-17-8-6-12(2)10-15(17)13(3)21-19(24)20(25)22-16-11-14(23(26)27)7-9-18(16)28-4/h6-11,13H,5H2,1-4H3,(H,21,24)(H,22,25). The highest BCUT2D eigenvalue weighted by molar-refractivity contribution is 6.39. The number of nitrogens with one attached hydrogen (secondary N) is 2. The van der Waals surface area contributed by atoms with Crippen LogP contribution in [0.3, 0.4) is 0 Å². The fourth-order valence-electron chi connectivity index (χ4n) is 2.72. The molecular weight excluding hydrogens is 378 g/mol. The Hall–Kier alpha value is -3.62. The van der Waals surface area contributed by atoms with Gasteiger partial charge in [0.1, 0.15) is 11.5 Å². The lowest BCUT2D eigenvalue weighted by atomic mass is 10.0. The predicted molar refractivity (Wildman–Crippen MR) is 107 cm³/mol. The number of carbonyl (C=O) groups excluding carboxylic acids is 2. The molecule has 2 aromatic rings. The van der Waals surface area contributed by atoms with E-state index in [4.69, 9.17) is 9.47 Å². The summed E-state index contributed by atoms with van der Waals surface area (Å²) in [6.45, 7) is 5.96. The summed E-state index contributed by atoms with van der Waals surface area (Å²) in [7, 11) is 1.35. The van der Waals surface area contributed by atoms with Gasteiger partial charge in [0.15, 0.2) is 0 Å². The number of hydrogen-bond donors (Lipinski definition) is 2. The molecule has 0 aliphatic heterocycles. The van der Waals surface area contributed by atoms with E-state index in [0.717, 1.165) is 17.2 Å². The molecule has 9 heteroatoms. The number of hydrogen-bond acceptors (Lipinski definition) is 6. The third-order valence-corrected chi connectivity index (χ3v) is 4.13. The number of anilines is 1. The number of methoxy groups -OCH3 is 1. The number of amides is 2. The topological polar surface area (TPSA) is 120 Å². The number of carbonyl (C=O) groups is 2. The molecule has 0 bridgehead atoms. The second-order valence-electron chi connectivity index (χ2n) is 6.27. The van der Waals surface area contributed by atoms with Crippen molar-refractivity contribution in [3.8, 4) is 11.5 Å². The third-order valence-electron chi connectivity index (χ3n) is 4.13. The zero-order valence-corrected chi connectivity index (χ0v) is 16.6. The Balaban J connectivity index is 2.16. The first-order chi connectivity index (χ1) is 13.8. The van der Waals surface area contributed by atoms with Crippen LogP contribution >= 0.6 is 0 Å². The molecule has 0 saturated heterocycles. The molecule has 0 radical (unpaired) electrons. The van der Waals surface area contributed by atoms with E-state index in [1.165, 1.54) is 19.2 Å². The van der Waals surface area contributed by atoms with Gasteiger partial charge in [-0.15, -0.1) is 0 Å². The van der Waals surface area contributed by atoms with Crippen molar-refractivity contribution in [2.75, 3.05) is 19.0 Å². The Morgan fingerprint density at radius 1 is 1.14 bits per heavy atom. The highest BCUT2D eigenvalue weighted by Gasteiger charge is 2.22. The molecule has 0 saturated carbocycles. The van der Waals surface area contributed by atoms with Gasteiger partial charge in [-0.3, -0.25) is 19.7 Å². The molecule has 0 aliphatic rings. The maximum Gasteiger partial charge on any atom is 0.313 e. The minimum atomic E-state index is -0.971. The second-order valence-corrected chi connectivity index (χ2v) is 6.27. The molecular formula is C20H23N3O6. The Labute approximate surface area is 168 Å². The number of nitrogens with zero attached hydrogens (tertiary/aromatic N) is 1. The number of non-ortho nitro benzene ring substituents is 1. The summed E-state index contributed by atoms with van der Waals surface area (Å²) in [4.78, 5) is 35.0. The summed E-state index contributed by atoms with van der Waals surface area (Å²) in [5.41, 5.74) is 1.51. The molecule has 0 heterocycles. The van der Waals surface area contributed by atoms with Crippen LogP contribution in [0.1, 0.15) is 31.0 Å². The van der Waals surface area contributed by atoms with Crippen molar-refractivity contribution < 1.29 is 24.0 Å². The van der Waals surface area contributed by atoms with Crippen molar-refractivity contribution in [2.24, 2.45) is 0 Å². The Morgan fingerprint density at radius 2 is 1.83 bits per heavy atom. The normalized spacial score (nSPS) is 11.3. The highest BCUT2D eigenvalue weighted by atomic mass is 16.6. The molecule has 2 N–H and O–H groups in total. The number of nitro benzene ring substituents is 1. The highest BCUT2D eigenvalue weighted by Crippen LogP contribution is 2.29. The fourth-order valence-corrected chi connectivity index (χ4v) is 2.72. The van der Waals surface area contributed by atoms with Crippen molar-refractivity contribution >= 4 is 23.2 Å². The molecule has 2 amide bonds. The van der Waals surface area contributed by atoms with Gasteiger partial charge in [0.25, 0.3) is 5.69 Å². The minimum Gasteiger partial charge on any atom is -0.495 e. The van der Waals surface area contributed by atoms with Gasteiger partial charge < -0.3 is 20.1 Å². The smallest absolute Gasteiger partial charge is 0.313 e. The quantitative estimate of drug-likeness (QED) is 0.418. The molecule has 154 valence electrons. The van der Waals surface area contributed by atoms with Gasteiger partial charge >= 0.3 is 11.8 Å². The lowest BCUT2D eigenvalue weighted by Crippen LogP contribution is -2.37. The third kappa shape index (κ3) is 5.44. The molecule has 0 aliphatic carbocycles. The lowest BCUT2D eigenvalue weighted by Gasteiger charge is -2.18. The molecule has 1 atom stereocenters. The van der Waals surface area contributed by atoms with Gasteiger partial charge in [0.2, 0.25) is 0 Å². The van der Waals surface area contributed by atoms with E-state index in [9.17, 15) is 19.7 Å². The zero-order chi connectivity index (χ0) is 21.6. The fraction of sp³-hybridized carbons (Fsp3) is 0.300. The average molecular weight is 401 g/mol. The number of nitro groups is 1. The van der Waals surface area contributed by atoms with Crippen molar-refractivity contribution in [1.29, 1.82) is 0 Å². The summed E-state index contributed by atoms with van der Waals surface area (Å²) in [6.07, 6.45) is 0. The van der Waals surface area contributed by atoms with E-state index in [2.05, 4.69) is 10.6 Å². The van der Waals surface area contributed by atoms with Crippen LogP contribution in [-0.2, 0) is 9.59 Å². The minimum absolute atomic E-state index is 0.0278. The number of aryl methyl sites for hydroxylation is 1. The molecule has 2 aromatic carbocycles. The Morgan fingerprint density at radius 3 is 2.45 bits per heavy atom. The van der Waals surface area contributed by atoms with Gasteiger partial charge in [-0.25, -0.2) is 0 Å². The SMILES string of the molecule is CCOc1ccc(C)cc1C(C)NC(=O)C(=O)Nc1cc([N+](=O)[O-])ccc1OC. The van der Waals surface area contributed by atoms with E-state index < -0.39 is 22.8 Å². The van der Waals surface area contributed by atoms with E-state index in [0.29, 0.717) is 12.4 Å². The summed E-state index contributed by atoms with van der Waals surface area (Å²) < 4.78 is 10.7. The molecule has 0 spiro atoms. The average Bonchev–Trinajstić information content (AvgIpc) is 2.69. The van der Waals surface area contributed by atoms with Gasteiger partial charge in [-0.05, 0) is 32.9 Å². The lowest BCUT2D eigenvalue weighted by molar-refractivity contribution is -0.384. The van der Waals surface area contributed by atoms with Crippen LogP contribution in [0, 0.1) is 17.0 Å². The summed E-state index contributed by atoms with van der Waals surface area (Å²) in [6, 6.07) is 8.79. The number of rotatable bonds is 7. The first-order valence-corrected chi connectivity index (χ1v) is 8.94. The van der Waals surface area contributed by atoms with E-state index >= 15 is 0 Å².